The minimum atomic E-state index is 0.0352. The topological polar surface area (TPSA) is 58.4 Å². The molecule has 5 heteroatoms. The van der Waals surface area contributed by atoms with Gasteiger partial charge in [-0.25, -0.2) is 0 Å². The van der Waals surface area contributed by atoms with Crippen molar-refractivity contribution in [1.82, 2.24) is 10.2 Å². The molecule has 0 aliphatic carbocycles. The van der Waals surface area contributed by atoms with E-state index in [-0.39, 0.29) is 11.9 Å². The molecule has 130 valence electrons. The Labute approximate surface area is 152 Å². The van der Waals surface area contributed by atoms with E-state index in [1.165, 1.54) is 19.5 Å². The molecule has 0 saturated carbocycles. The summed E-state index contributed by atoms with van der Waals surface area (Å²) in [5.41, 5.74) is 7.31. The van der Waals surface area contributed by atoms with Gasteiger partial charge in [-0.2, -0.15) is 0 Å². The van der Waals surface area contributed by atoms with Gasteiger partial charge in [-0.1, -0.05) is 17.8 Å². The Morgan fingerprint density at radius 2 is 1.96 bits per heavy atom. The maximum absolute atomic E-state index is 12.5. The third-order valence-corrected chi connectivity index (χ3v) is 6.01. The van der Waals surface area contributed by atoms with Crippen LogP contribution in [0.5, 0.6) is 0 Å². The molecule has 4 nitrogen and oxygen atoms in total. The van der Waals surface area contributed by atoms with Gasteiger partial charge in [0.2, 0.25) is 0 Å². The Hall–Kier alpha value is -1.98. The maximum atomic E-state index is 12.5. The lowest BCUT2D eigenvalue weighted by molar-refractivity contribution is 0.0909. The number of nitrogen functional groups attached to an aromatic ring is 1. The van der Waals surface area contributed by atoms with Gasteiger partial charge in [-0.3, -0.25) is 4.79 Å². The first-order valence-electron chi connectivity index (χ1n) is 8.82. The fraction of sp³-hybridized carbons (Fsp3) is 0.350. The van der Waals surface area contributed by atoms with Crippen LogP contribution in [0.15, 0.2) is 58.3 Å². The Bertz CT molecular complexity index is 750. The number of rotatable bonds is 4. The summed E-state index contributed by atoms with van der Waals surface area (Å²) in [5, 5.41) is 3.21. The molecule has 2 fully saturated rings. The molecule has 2 heterocycles. The smallest absolute Gasteiger partial charge is 0.251 e. The maximum Gasteiger partial charge on any atom is 0.251 e. The number of piperidine rings is 1. The number of carbonyl (C=O) groups excluding carboxylic acids is 1. The minimum absolute atomic E-state index is 0.0352. The predicted octanol–water partition coefficient (Wildman–Crippen LogP) is 3.24. The van der Waals surface area contributed by atoms with E-state index in [9.17, 15) is 4.79 Å². The number of benzene rings is 2. The van der Waals surface area contributed by atoms with Crippen molar-refractivity contribution >= 4 is 23.4 Å². The van der Waals surface area contributed by atoms with Crippen LogP contribution in [0.4, 0.5) is 5.69 Å². The number of hydrogen-bond donors (Lipinski definition) is 2. The van der Waals surface area contributed by atoms with Crippen LogP contribution in [-0.2, 0) is 0 Å². The van der Waals surface area contributed by atoms with Crippen molar-refractivity contribution in [2.45, 2.75) is 28.7 Å². The van der Waals surface area contributed by atoms with Crippen molar-refractivity contribution in [3.8, 4) is 0 Å². The third-order valence-electron chi connectivity index (χ3n) is 5.01. The molecular formula is C20H23N3OS. The average Bonchev–Trinajstić information content (AvgIpc) is 2.94. The Morgan fingerprint density at radius 1 is 1.12 bits per heavy atom. The third kappa shape index (κ3) is 3.99. The zero-order valence-corrected chi connectivity index (χ0v) is 15.0. The number of nitrogens with two attached hydrogens (primary N) is 1. The van der Waals surface area contributed by atoms with Gasteiger partial charge in [0.15, 0.2) is 0 Å². The molecule has 0 spiro atoms. The van der Waals surface area contributed by atoms with Gasteiger partial charge >= 0.3 is 0 Å². The van der Waals surface area contributed by atoms with Crippen LogP contribution in [0.3, 0.4) is 0 Å². The standard InChI is InChI=1S/C20H23N3OS/c21-16-2-1-3-19(11-16)25-18-6-4-15(5-7-18)20(24)22-17-10-14-8-9-23(12-14)13-17/h1-7,11,14,17H,8-10,12-13,21H2,(H,22,24)/t14-,17+/m0/s1. The second kappa shape index (κ2) is 7.10. The van der Waals surface area contributed by atoms with Crippen LogP contribution >= 0.6 is 11.8 Å². The number of nitrogens with zero attached hydrogens (tertiary/aromatic N) is 1. The van der Waals surface area contributed by atoms with Crippen molar-refractivity contribution in [3.63, 3.8) is 0 Å². The van der Waals surface area contributed by atoms with Crippen LogP contribution in [0.2, 0.25) is 0 Å². The van der Waals surface area contributed by atoms with Crippen molar-refractivity contribution in [2.75, 3.05) is 25.4 Å². The molecule has 2 aliphatic rings. The molecule has 1 amide bonds. The highest BCUT2D eigenvalue weighted by Crippen LogP contribution is 2.29. The molecule has 3 N–H and O–H groups in total. The normalized spacial score (nSPS) is 24.9. The van der Waals surface area contributed by atoms with Crippen LogP contribution in [0.25, 0.3) is 0 Å². The van der Waals surface area contributed by atoms with Gasteiger partial charge in [0.1, 0.15) is 0 Å². The van der Waals surface area contributed by atoms with E-state index < -0.39 is 0 Å². The van der Waals surface area contributed by atoms with Gasteiger partial charge in [0.25, 0.3) is 5.91 Å². The van der Waals surface area contributed by atoms with Crippen molar-refractivity contribution < 1.29 is 4.79 Å². The molecule has 1 unspecified atom stereocenters. The van der Waals surface area contributed by atoms with Gasteiger partial charge in [0.05, 0.1) is 0 Å². The predicted molar refractivity (Wildman–Crippen MR) is 102 cm³/mol. The largest absolute Gasteiger partial charge is 0.399 e. The fourth-order valence-electron chi connectivity index (χ4n) is 3.82. The summed E-state index contributed by atoms with van der Waals surface area (Å²) >= 11 is 1.65. The zero-order chi connectivity index (χ0) is 17.2. The lowest BCUT2D eigenvalue weighted by Gasteiger charge is -2.30. The van der Waals surface area contributed by atoms with Crippen molar-refractivity contribution in [3.05, 3.63) is 54.1 Å². The lowest BCUT2D eigenvalue weighted by atomic mass is 9.96. The lowest BCUT2D eigenvalue weighted by Crippen LogP contribution is -2.47. The average molecular weight is 353 g/mol. The molecule has 3 atom stereocenters. The number of carbonyl (C=O) groups is 1. The highest BCUT2D eigenvalue weighted by Gasteiger charge is 2.32. The van der Waals surface area contributed by atoms with Gasteiger partial charge in [0, 0.05) is 40.2 Å². The Kier molecular flexibility index (Phi) is 4.68. The molecule has 2 aromatic carbocycles. The van der Waals surface area contributed by atoms with E-state index in [1.807, 2.05) is 48.5 Å². The van der Waals surface area contributed by atoms with Crippen LogP contribution in [-0.4, -0.2) is 36.5 Å². The molecule has 4 rings (SSSR count). The quantitative estimate of drug-likeness (QED) is 0.829. The van der Waals surface area contributed by atoms with Crippen molar-refractivity contribution in [1.29, 1.82) is 0 Å². The Balaban J connectivity index is 1.37. The number of nitrogens with one attached hydrogen (secondary N) is 1. The van der Waals surface area contributed by atoms with Gasteiger partial charge in [-0.05, 0) is 67.8 Å². The second-order valence-electron chi connectivity index (χ2n) is 7.02. The molecule has 2 aromatic rings. The van der Waals surface area contributed by atoms with E-state index in [1.54, 1.807) is 11.8 Å². The first-order valence-corrected chi connectivity index (χ1v) is 9.64. The SMILES string of the molecule is Nc1cccc(Sc2ccc(C(=O)N[C@@H]3C[C@@H]4CCN(C4)C3)cc2)c1. The highest BCUT2D eigenvalue weighted by molar-refractivity contribution is 7.99. The molecule has 0 radical (unpaired) electrons. The molecule has 2 bridgehead atoms. The Morgan fingerprint density at radius 3 is 2.72 bits per heavy atom. The van der Waals surface area contributed by atoms with Gasteiger partial charge in [-0.15, -0.1) is 0 Å². The first kappa shape index (κ1) is 16.5. The van der Waals surface area contributed by atoms with E-state index in [2.05, 4.69) is 10.2 Å². The number of hydrogen-bond acceptors (Lipinski definition) is 4. The van der Waals surface area contributed by atoms with E-state index in [0.29, 0.717) is 0 Å². The summed E-state index contributed by atoms with van der Waals surface area (Å²) in [4.78, 5) is 17.2. The minimum Gasteiger partial charge on any atom is -0.399 e. The summed E-state index contributed by atoms with van der Waals surface area (Å²) < 4.78 is 0. The summed E-state index contributed by atoms with van der Waals surface area (Å²) in [6, 6.07) is 15.9. The molecule has 2 saturated heterocycles. The van der Waals surface area contributed by atoms with E-state index >= 15 is 0 Å². The summed E-state index contributed by atoms with van der Waals surface area (Å²) in [5.74, 6) is 0.796. The monoisotopic (exact) mass is 353 g/mol. The first-order chi connectivity index (χ1) is 12.2. The fourth-order valence-corrected chi connectivity index (χ4v) is 4.71. The summed E-state index contributed by atoms with van der Waals surface area (Å²) in [6.45, 7) is 3.39. The molecule has 0 aromatic heterocycles. The summed E-state index contributed by atoms with van der Waals surface area (Å²) in [7, 11) is 0. The second-order valence-corrected chi connectivity index (χ2v) is 8.17. The summed E-state index contributed by atoms with van der Waals surface area (Å²) in [6.07, 6.45) is 2.40. The van der Waals surface area contributed by atoms with Crippen molar-refractivity contribution in [2.24, 2.45) is 5.92 Å². The number of fused-ring (bicyclic) bond motifs is 2. The van der Waals surface area contributed by atoms with Gasteiger partial charge < -0.3 is 16.0 Å². The van der Waals surface area contributed by atoms with Crippen LogP contribution < -0.4 is 11.1 Å². The van der Waals surface area contributed by atoms with E-state index in [0.717, 1.165) is 39.9 Å². The zero-order valence-electron chi connectivity index (χ0n) is 14.2. The number of amides is 1. The van der Waals surface area contributed by atoms with Crippen LogP contribution in [0.1, 0.15) is 23.2 Å². The highest BCUT2D eigenvalue weighted by atomic mass is 32.2. The molecular weight excluding hydrogens is 330 g/mol. The van der Waals surface area contributed by atoms with Crippen LogP contribution in [0, 0.1) is 5.92 Å². The molecule has 25 heavy (non-hydrogen) atoms. The number of anilines is 1. The van der Waals surface area contributed by atoms with E-state index in [4.69, 9.17) is 5.73 Å². The molecule has 2 aliphatic heterocycles.